The first-order valence-corrected chi connectivity index (χ1v) is 8.26. The molecule has 1 N–H and O–H groups in total. The van der Waals surface area contributed by atoms with Crippen LogP contribution in [0.3, 0.4) is 0 Å². The van der Waals surface area contributed by atoms with E-state index in [1.54, 1.807) is 25.1 Å². The average molecular weight is 316 g/mol. The van der Waals surface area contributed by atoms with E-state index >= 15 is 0 Å². The Kier molecular flexibility index (Phi) is 6.29. The number of sulfonamides is 1. The van der Waals surface area contributed by atoms with Crippen molar-refractivity contribution in [1.29, 1.82) is 0 Å². The van der Waals surface area contributed by atoms with E-state index in [2.05, 4.69) is 5.32 Å². The molecule has 0 saturated heterocycles. The van der Waals surface area contributed by atoms with Crippen molar-refractivity contribution in [3.8, 4) is 0 Å². The Hall–Kier alpha value is -1.47. The largest absolute Gasteiger partial charge is 0.353 e. The van der Waals surface area contributed by atoms with Crippen LogP contribution < -0.4 is 5.32 Å². The van der Waals surface area contributed by atoms with Crippen LogP contribution in [0.25, 0.3) is 0 Å². The summed E-state index contributed by atoms with van der Waals surface area (Å²) in [6, 6.07) is 6.10. The molecule has 1 amide bonds. The minimum atomic E-state index is -3.38. The molecule has 1 rings (SSSR count). The highest BCUT2D eigenvalue weighted by molar-refractivity contribution is 7.89. The summed E-state index contributed by atoms with van der Waals surface area (Å²) in [5.74, 6) is -0.906. The number of hydrogen-bond acceptors (Lipinski definition) is 3. The van der Waals surface area contributed by atoms with Crippen LogP contribution in [0.1, 0.15) is 18.9 Å². The van der Waals surface area contributed by atoms with Gasteiger partial charge in [-0.05, 0) is 25.0 Å². The van der Waals surface area contributed by atoms with Crippen molar-refractivity contribution >= 4 is 15.9 Å². The Balaban J connectivity index is 2.47. The zero-order valence-electron chi connectivity index (χ0n) is 12.5. The molecule has 21 heavy (non-hydrogen) atoms. The summed E-state index contributed by atoms with van der Waals surface area (Å²) in [4.78, 5) is 11.7. The SMILES string of the molecule is CC(Cc1ccccc1F)NC(=O)CCS(=O)(=O)N(C)C. The molecule has 0 aromatic heterocycles. The second-order valence-corrected chi connectivity index (χ2v) is 7.41. The van der Waals surface area contributed by atoms with Gasteiger partial charge in [0, 0.05) is 26.6 Å². The standard InChI is InChI=1S/C14H21FN2O3S/c1-11(10-12-6-4-5-7-13(12)15)16-14(18)8-9-21(19,20)17(2)3/h4-7,11H,8-10H2,1-3H3,(H,16,18). The topological polar surface area (TPSA) is 66.5 Å². The number of benzene rings is 1. The molecule has 0 aliphatic carbocycles. The number of carbonyl (C=O) groups excluding carboxylic acids is 1. The lowest BCUT2D eigenvalue weighted by molar-refractivity contribution is -0.121. The highest BCUT2D eigenvalue weighted by atomic mass is 32.2. The number of carbonyl (C=O) groups is 1. The fraction of sp³-hybridized carbons (Fsp3) is 0.500. The number of nitrogens with zero attached hydrogens (tertiary/aromatic N) is 1. The molecule has 0 spiro atoms. The number of rotatable bonds is 7. The van der Waals surface area contributed by atoms with Crippen molar-refractivity contribution in [2.45, 2.75) is 25.8 Å². The molecule has 0 aliphatic heterocycles. The van der Waals surface area contributed by atoms with Crippen LogP contribution in [-0.2, 0) is 21.2 Å². The zero-order chi connectivity index (χ0) is 16.0. The fourth-order valence-corrected chi connectivity index (χ4v) is 2.60. The third kappa shape index (κ3) is 5.81. The number of nitrogens with one attached hydrogen (secondary N) is 1. The van der Waals surface area contributed by atoms with Crippen LogP contribution in [0.2, 0.25) is 0 Å². The van der Waals surface area contributed by atoms with Gasteiger partial charge in [-0.25, -0.2) is 17.1 Å². The van der Waals surface area contributed by atoms with Gasteiger partial charge in [0.25, 0.3) is 0 Å². The van der Waals surface area contributed by atoms with Gasteiger partial charge in [-0.3, -0.25) is 4.79 Å². The van der Waals surface area contributed by atoms with Gasteiger partial charge in [0.1, 0.15) is 5.82 Å². The lowest BCUT2D eigenvalue weighted by Crippen LogP contribution is -2.36. The van der Waals surface area contributed by atoms with E-state index in [4.69, 9.17) is 0 Å². The Bertz CT molecular complexity index is 588. The van der Waals surface area contributed by atoms with Crippen LogP contribution >= 0.6 is 0 Å². The normalized spacial score (nSPS) is 13.2. The zero-order valence-corrected chi connectivity index (χ0v) is 13.3. The summed E-state index contributed by atoms with van der Waals surface area (Å²) in [5.41, 5.74) is 0.520. The van der Waals surface area contributed by atoms with Crippen molar-refractivity contribution in [2.24, 2.45) is 0 Å². The first-order valence-electron chi connectivity index (χ1n) is 6.65. The number of hydrogen-bond donors (Lipinski definition) is 1. The molecular formula is C14H21FN2O3S. The summed E-state index contributed by atoms with van der Waals surface area (Å²) in [7, 11) is -0.533. The molecular weight excluding hydrogens is 295 g/mol. The second-order valence-electron chi connectivity index (χ2n) is 5.11. The van der Waals surface area contributed by atoms with Crippen LogP contribution in [0.4, 0.5) is 4.39 Å². The first-order chi connectivity index (χ1) is 9.72. The predicted octanol–water partition coefficient (Wildman–Crippen LogP) is 1.15. The van der Waals surface area contributed by atoms with Crippen molar-refractivity contribution in [3.63, 3.8) is 0 Å². The van der Waals surface area contributed by atoms with Crippen LogP contribution in [-0.4, -0.2) is 44.5 Å². The van der Waals surface area contributed by atoms with E-state index in [9.17, 15) is 17.6 Å². The third-order valence-corrected chi connectivity index (χ3v) is 4.87. The molecule has 1 atom stereocenters. The molecule has 0 aliphatic rings. The smallest absolute Gasteiger partial charge is 0.221 e. The van der Waals surface area contributed by atoms with Crippen LogP contribution in [0.5, 0.6) is 0 Å². The van der Waals surface area contributed by atoms with Crippen molar-refractivity contribution in [3.05, 3.63) is 35.6 Å². The number of amides is 1. The summed E-state index contributed by atoms with van der Waals surface area (Å²) in [6.45, 7) is 1.75. The molecule has 0 radical (unpaired) electrons. The molecule has 1 aromatic rings. The van der Waals surface area contributed by atoms with E-state index in [1.807, 2.05) is 0 Å². The molecule has 1 unspecified atom stereocenters. The lowest BCUT2D eigenvalue weighted by Gasteiger charge is -2.15. The van der Waals surface area contributed by atoms with Crippen LogP contribution in [0.15, 0.2) is 24.3 Å². The highest BCUT2D eigenvalue weighted by Gasteiger charge is 2.17. The van der Waals surface area contributed by atoms with Gasteiger partial charge in [0.2, 0.25) is 15.9 Å². The van der Waals surface area contributed by atoms with Gasteiger partial charge in [0.05, 0.1) is 5.75 Å². The Morgan fingerprint density at radius 3 is 2.52 bits per heavy atom. The first kappa shape index (κ1) is 17.6. The minimum Gasteiger partial charge on any atom is -0.353 e. The Morgan fingerprint density at radius 2 is 1.95 bits per heavy atom. The molecule has 0 fully saturated rings. The summed E-state index contributed by atoms with van der Waals surface area (Å²) in [6.07, 6.45) is 0.251. The van der Waals surface area contributed by atoms with Crippen molar-refractivity contribution < 1.29 is 17.6 Å². The minimum absolute atomic E-state index is 0.109. The van der Waals surface area contributed by atoms with Gasteiger partial charge >= 0.3 is 0 Å². The van der Waals surface area contributed by atoms with E-state index in [0.29, 0.717) is 12.0 Å². The lowest BCUT2D eigenvalue weighted by atomic mass is 10.1. The maximum absolute atomic E-state index is 13.5. The molecule has 118 valence electrons. The average Bonchev–Trinajstić information content (AvgIpc) is 2.39. The van der Waals surface area contributed by atoms with E-state index in [1.165, 1.54) is 20.2 Å². The highest BCUT2D eigenvalue weighted by Crippen LogP contribution is 2.09. The molecule has 0 heterocycles. The van der Waals surface area contributed by atoms with Gasteiger partial charge in [0.15, 0.2) is 0 Å². The van der Waals surface area contributed by atoms with E-state index in [0.717, 1.165) is 4.31 Å². The van der Waals surface area contributed by atoms with Gasteiger partial charge in [-0.15, -0.1) is 0 Å². The summed E-state index contributed by atoms with van der Waals surface area (Å²) < 4.78 is 37.7. The fourth-order valence-electron chi connectivity index (χ4n) is 1.80. The second kappa shape index (κ2) is 7.51. The maximum atomic E-state index is 13.5. The van der Waals surface area contributed by atoms with Gasteiger partial charge in [-0.2, -0.15) is 0 Å². The Morgan fingerprint density at radius 1 is 1.33 bits per heavy atom. The van der Waals surface area contributed by atoms with Gasteiger partial charge in [-0.1, -0.05) is 18.2 Å². The maximum Gasteiger partial charge on any atom is 0.221 e. The third-order valence-electron chi connectivity index (χ3n) is 3.03. The quantitative estimate of drug-likeness (QED) is 0.821. The molecule has 1 aromatic carbocycles. The molecule has 5 nitrogen and oxygen atoms in total. The molecule has 0 saturated carbocycles. The van der Waals surface area contributed by atoms with Crippen molar-refractivity contribution in [2.75, 3.05) is 19.8 Å². The van der Waals surface area contributed by atoms with Crippen molar-refractivity contribution in [1.82, 2.24) is 9.62 Å². The van der Waals surface area contributed by atoms with E-state index < -0.39 is 10.0 Å². The van der Waals surface area contributed by atoms with E-state index in [-0.39, 0.29) is 29.9 Å². The summed E-state index contributed by atoms with van der Waals surface area (Å²) >= 11 is 0. The molecule has 7 heteroatoms. The number of halogens is 1. The molecule has 0 bridgehead atoms. The monoisotopic (exact) mass is 316 g/mol. The predicted molar refractivity (Wildman–Crippen MR) is 79.8 cm³/mol. The van der Waals surface area contributed by atoms with Crippen LogP contribution in [0, 0.1) is 5.82 Å². The Labute approximate surface area is 125 Å². The van der Waals surface area contributed by atoms with Gasteiger partial charge < -0.3 is 5.32 Å². The summed E-state index contributed by atoms with van der Waals surface area (Å²) in [5, 5.41) is 2.68.